The van der Waals surface area contributed by atoms with Gasteiger partial charge < -0.3 is 20.3 Å². The van der Waals surface area contributed by atoms with E-state index in [2.05, 4.69) is 39.9 Å². The summed E-state index contributed by atoms with van der Waals surface area (Å²) in [5.41, 5.74) is 1.43. The summed E-state index contributed by atoms with van der Waals surface area (Å²) >= 11 is 0. The zero-order valence-corrected chi connectivity index (χ0v) is 14.0. The summed E-state index contributed by atoms with van der Waals surface area (Å²) in [4.78, 5) is 4.08. The van der Waals surface area contributed by atoms with Gasteiger partial charge in [0.25, 0.3) is 0 Å². The predicted octanol–water partition coefficient (Wildman–Crippen LogP) is 1.95. The highest BCUT2D eigenvalue weighted by Crippen LogP contribution is 2.37. The Morgan fingerprint density at radius 2 is 1.92 bits per heavy atom. The monoisotopic (exact) mass is 326 g/mol. The molecule has 0 radical (unpaired) electrons. The van der Waals surface area contributed by atoms with Gasteiger partial charge in [0.05, 0.1) is 11.9 Å². The summed E-state index contributed by atoms with van der Waals surface area (Å²) in [6.07, 6.45) is 10.4. The Balaban J connectivity index is 1.39. The lowest BCUT2D eigenvalue weighted by atomic mass is 9.77. The van der Waals surface area contributed by atoms with Gasteiger partial charge in [-0.05, 0) is 56.3 Å². The lowest BCUT2D eigenvalue weighted by Crippen LogP contribution is -2.44. The first-order chi connectivity index (χ1) is 11.7. The van der Waals surface area contributed by atoms with Crippen molar-refractivity contribution in [1.29, 1.82) is 0 Å². The molecule has 1 aliphatic carbocycles. The number of aromatic nitrogens is 2. The standard InChI is InChI=1S/C19H26N4O/c24-19(8-5-16(6-9-19)22-17-7-10-20-13-17)15-1-3-18(4-2-15)23-12-11-21-14-23/h1-4,11-12,14,16-17,20,22,24H,5-10,13H2/t16?,17-,19?/m0/s1. The molecule has 2 aliphatic rings. The highest BCUT2D eigenvalue weighted by atomic mass is 16.3. The van der Waals surface area contributed by atoms with E-state index in [1.165, 1.54) is 6.42 Å². The van der Waals surface area contributed by atoms with Crippen LogP contribution in [0.5, 0.6) is 0 Å². The summed E-state index contributed by atoms with van der Waals surface area (Å²) in [5, 5.41) is 18.2. The Labute approximate surface area is 143 Å². The lowest BCUT2D eigenvalue weighted by molar-refractivity contribution is -0.00917. The van der Waals surface area contributed by atoms with Crippen LogP contribution in [-0.4, -0.2) is 39.8 Å². The third-order valence-electron chi connectivity index (χ3n) is 5.55. The Morgan fingerprint density at radius 3 is 2.54 bits per heavy atom. The molecule has 1 aliphatic heterocycles. The van der Waals surface area contributed by atoms with Gasteiger partial charge in [0, 0.05) is 36.7 Å². The van der Waals surface area contributed by atoms with Gasteiger partial charge in [-0.1, -0.05) is 12.1 Å². The van der Waals surface area contributed by atoms with Crippen molar-refractivity contribution in [3.05, 3.63) is 48.5 Å². The van der Waals surface area contributed by atoms with Crippen molar-refractivity contribution in [2.45, 2.75) is 49.8 Å². The van der Waals surface area contributed by atoms with Crippen LogP contribution in [0.3, 0.4) is 0 Å². The van der Waals surface area contributed by atoms with Gasteiger partial charge >= 0.3 is 0 Å². The molecule has 2 aromatic rings. The summed E-state index contributed by atoms with van der Waals surface area (Å²) in [7, 11) is 0. The highest BCUT2D eigenvalue weighted by Gasteiger charge is 2.35. The van der Waals surface area contributed by atoms with Crippen LogP contribution in [0.4, 0.5) is 0 Å². The van der Waals surface area contributed by atoms with Gasteiger partial charge in [-0.2, -0.15) is 0 Å². The second-order valence-corrected chi connectivity index (χ2v) is 7.18. The Bertz CT molecular complexity index is 639. The molecule has 1 aromatic heterocycles. The Morgan fingerprint density at radius 1 is 1.12 bits per heavy atom. The molecule has 0 amide bonds. The first kappa shape index (κ1) is 15.8. The molecule has 24 heavy (non-hydrogen) atoms. The zero-order valence-electron chi connectivity index (χ0n) is 14.0. The molecule has 1 saturated carbocycles. The molecule has 1 saturated heterocycles. The number of nitrogens with zero attached hydrogens (tertiary/aromatic N) is 2. The van der Waals surface area contributed by atoms with Crippen LogP contribution in [0.15, 0.2) is 43.0 Å². The van der Waals surface area contributed by atoms with Gasteiger partial charge in [0.1, 0.15) is 0 Å². The van der Waals surface area contributed by atoms with Crippen molar-refractivity contribution >= 4 is 0 Å². The molecule has 1 aromatic carbocycles. The van der Waals surface area contributed by atoms with Crippen molar-refractivity contribution in [1.82, 2.24) is 20.2 Å². The molecule has 1 atom stereocenters. The van der Waals surface area contributed by atoms with Crippen molar-refractivity contribution in [2.24, 2.45) is 0 Å². The number of rotatable bonds is 4. The van der Waals surface area contributed by atoms with E-state index < -0.39 is 5.60 Å². The van der Waals surface area contributed by atoms with E-state index in [0.717, 1.165) is 50.0 Å². The maximum Gasteiger partial charge on any atom is 0.0991 e. The molecule has 3 N–H and O–H groups in total. The highest BCUT2D eigenvalue weighted by molar-refractivity contribution is 5.37. The average Bonchev–Trinajstić information content (AvgIpc) is 3.31. The Kier molecular flexibility index (Phi) is 4.39. The lowest BCUT2D eigenvalue weighted by Gasteiger charge is -2.37. The van der Waals surface area contributed by atoms with Gasteiger partial charge in [-0.25, -0.2) is 4.98 Å². The van der Waals surface area contributed by atoms with Crippen LogP contribution < -0.4 is 10.6 Å². The number of nitrogens with one attached hydrogen (secondary N) is 2. The SMILES string of the molecule is OC1(c2ccc(-n3ccnc3)cc2)CCC(N[C@H]2CCNC2)CC1. The van der Waals surface area contributed by atoms with Gasteiger partial charge in [-0.15, -0.1) is 0 Å². The zero-order chi connectivity index (χ0) is 16.4. The minimum Gasteiger partial charge on any atom is -0.385 e. The third-order valence-corrected chi connectivity index (χ3v) is 5.55. The molecule has 5 nitrogen and oxygen atoms in total. The third kappa shape index (κ3) is 3.24. The van der Waals surface area contributed by atoms with Crippen LogP contribution in [0, 0.1) is 0 Å². The van der Waals surface area contributed by atoms with E-state index in [4.69, 9.17) is 0 Å². The van der Waals surface area contributed by atoms with Crippen molar-refractivity contribution in [3.63, 3.8) is 0 Å². The molecule has 4 rings (SSSR count). The predicted molar refractivity (Wildman–Crippen MR) is 94.1 cm³/mol. The second-order valence-electron chi connectivity index (χ2n) is 7.18. The summed E-state index contributed by atoms with van der Waals surface area (Å²) in [5.74, 6) is 0. The molecular formula is C19H26N4O. The number of hydrogen-bond donors (Lipinski definition) is 3. The average molecular weight is 326 g/mol. The molecule has 0 bridgehead atoms. The van der Waals surface area contributed by atoms with Crippen LogP contribution >= 0.6 is 0 Å². The second kappa shape index (κ2) is 6.67. The van der Waals surface area contributed by atoms with Crippen molar-refractivity contribution < 1.29 is 5.11 Å². The molecule has 2 heterocycles. The van der Waals surface area contributed by atoms with Gasteiger partial charge in [-0.3, -0.25) is 0 Å². The van der Waals surface area contributed by atoms with Crippen LogP contribution in [0.1, 0.15) is 37.7 Å². The van der Waals surface area contributed by atoms with Crippen molar-refractivity contribution in [3.8, 4) is 5.69 Å². The Hall–Kier alpha value is -1.69. The van der Waals surface area contributed by atoms with Gasteiger partial charge in [0.15, 0.2) is 0 Å². The first-order valence-electron chi connectivity index (χ1n) is 9.01. The quantitative estimate of drug-likeness (QED) is 0.804. The fourth-order valence-corrected chi connectivity index (χ4v) is 4.04. The topological polar surface area (TPSA) is 62.1 Å². The summed E-state index contributed by atoms with van der Waals surface area (Å²) in [6, 6.07) is 9.39. The smallest absolute Gasteiger partial charge is 0.0991 e. The molecule has 5 heteroatoms. The maximum atomic E-state index is 11.1. The summed E-state index contributed by atoms with van der Waals surface area (Å²) < 4.78 is 1.98. The summed E-state index contributed by atoms with van der Waals surface area (Å²) in [6.45, 7) is 2.20. The van der Waals surface area contributed by atoms with Gasteiger partial charge in [0.2, 0.25) is 0 Å². The largest absolute Gasteiger partial charge is 0.385 e. The minimum atomic E-state index is -0.681. The number of imidazole rings is 1. The maximum absolute atomic E-state index is 11.1. The fourth-order valence-electron chi connectivity index (χ4n) is 4.04. The van der Waals surface area contributed by atoms with Crippen LogP contribution in [-0.2, 0) is 5.60 Å². The molecule has 0 unspecified atom stereocenters. The van der Waals surface area contributed by atoms with E-state index in [0.29, 0.717) is 12.1 Å². The van der Waals surface area contributed by atoms with E-state index in [1.54, 1.807) is 12.5 Å². The van der Waals surface area contributed by atoms with E-state index in [9.17, 15) is 5.11 Å². The number of aliphatic hydroxyl groups is 1. The fraction of sp³-hybridized carbons (Fsp3) is 0.526. The number of hydrogen-bond acceptors (Lipinski definition) is 4. The molecular weight excluding hydrogens is 300 g/mol. The van der Waals surface area contributed by atoms with E-state index >= 15 is 0 Å². The minimum absolute atomic E-state index is 0.542. The number of benzene rings is 1. The van der Waals surface area contributed by atoms with Crippen molar-refractivity contribution in [2.75, 3.05) is 13.1 Å². The molecule has 128 valence electrons. The molecule has 0 spiro atoms. The normalized spacial score (nSPS) is 30.5. The van der Waals surface area contributed by atoms with Crippen LogP contribution in [0.2, 0.25) is 0 Å². The van der Waals surface area contributed by atoms with E-state index in [-0.39, 0.29) is 0 Å². The first-order valence-corrected chi connectivity index (χ1v) is 9.01. The van der Waals surface area contributed by atoms with Crippen LogP contribution in [0.25, 0.3) is 5.69 Å². The molecule has 2 fully saturated rings. The van der Waals surface area contributed by atoms with E-state index in [1.807, 2.05) is 10.8 Å².